The van der Waals surface area contributed by atoms with Gasteiger partial charge in [0.25, 0.3) is 15.9 Å². The molecule has 0 aliphatic heterocycles. The van der Waals surface area contributed by atoms with E-state index in [1.165, 1.54) is 18.3 Å². The molecule has 0 heterocycles. The Bertz CT molecular complexity index is 1220. The maximum atomic E-state index is 13.4. The highest BCUT2D eigenvalue weighted by Gasteiger charge is 2.28. The standard InChI is InChI=1S/C25H27N3O4S/c1-4-32-22-13-11-21(12-14-22)17-26-27-25(29)18-28(24-8-6-5-7-20(24)3)33(30,31)23-15-9-19(2)10-16-23/h5-17H,4,18H2,1-3H3,(H,27,29)/b26-17-. The second-order valence-corrected chi connectivity index (χ2v) is 9.27. The second kappa shape index (κ2) is 10.8. The van der Waals surface area contributed by atoms with Gasteiger partial charge in [0.1, 0.15) is 12.3 Å². The number of sulfonamides is 1. The molecule has 0 saturated heterocycles. The molecule has 0 unspecified atom stereocenters. The van der Waals surface area contributed by atoms with Crippen LogP contribution in [0.3, 0.4) is 0 Å². The van der Waals surface area contributed by atoms with Crippen molar-refractivity contribution in [1.29, 1.82) is 0 Å². The minimum Gasteiger partial charge on any atom is -0.494 e. The van der Waals surface area contributed by atoms with Crippen molar-refractivity contribution >= 4 is 27.8 Å². The molecule has 3 aromatic rings. The van der Waals surface area contributed by atoms with Gasteiger partial charge in [0, 0.05) is 0 Å². The number of para-hydroxylation sites is 1. The summed E-state index contributed by atoms with van der Waals surface area (Å²) in [5, 5.41) is 3.97. The molecule has 3 aromatic carbocycles. The Balaban J connectivity index is 1.79. The molecule has 0 aliphatic rings. The van der Waals surface area contributed by atoms with Crippen LogP contribution in [-0.2, 0) is 14.8 Å². The Morgan fingerprint density at radius 3 is 2.30 bits per heavy atom. The lowest BCUT2D eigenvalue weighted by molar-refractivity contribution is -0.119. The summed E-state index contributed by atoms with van der Waals surface area (Å²) in [4.78, 5) is 12.8. The molecule has 0 aliphatic carbocycles. The maximum Gasteiger partial charge on any atom is 0.264 e. The molecule has 33 heavy (non-hydrogen) atoms. The first kappa shape index (κ1) is 24.0. The van der Waals surface area contributed by atoms with Crippen molar-refractivity contribution in [3.8, 4) is 5.75 Å². The van der Waals surface area contributed by atoms with Crippen LogP contribution >= 0.6 is 0 Å². The molecule has 0 aromatic heterocycles. The number of amides is 1. The van der Waals surface area contributed by atoms with Gasteiger partial charge in [-0.3, -0.25) is 9.10 Å². The van der Waals surface area contributed by atoms with Gasteiger partial charge in [-0.15, -0.1) is 0 Å². The van der Waals surface area contributed by atoms with E-state index in [0.717, 1.165) is 26.7 Å². The molecule has 1 amide bonds. The predicted octanol–water partition coefficient (Wildman–Crippen LogP) is 4.05. The fourth-order valence-corrected chi connectivity index (χ4v) is 4.63. The minimum absolute atomic E-state index is 0.113. The molecule has 0 fully saturated rings. The van der Waals surface area contributed by atoms with Crippen LogP contribution in [0.25, 0.3) is 0 Å². The summed E-state index contributed by atoms with van der Waals surface area (Å²) in [7, 11) is -3.97. The number of hydrogen-bond donors (Lipinski definition) is 1. The molecular formula is C25H27N3O4S. The third kappa shape index (κ3) is 6.20. The van der Waals surface area contributed by atoms with Crippen LogP contribution in [0.2, 0.25) is 0 Å². The smallest absolute Gasteiger partial charge is 0.264 e. The van der Waals surface area contributed by atoms with E-state index < -0.39 is 22.5 Å². The summed E-state index contributed by atoms with van der Waals surface area (Å²) in [5.41, 5.74) is 5.29. The first-order valence-corrected chi connectivity index (χ1v) is 11.9. The highest BCUT2D eigenvalue weighted by Crippen LogP contribution is 2.26. The van der Waals surface area contributed by atoms with Crippen molar-refractivity contribution in [3.63, 3.8) is 0 Å². The van der Waals surface area contributed by atoms with E-state index in [1.54, 1.807) is 49.4 Å². The monoisotopic (exact) mass is 465 g/mol. The molecule has 172 valence electrons. The summed E-state index contributed by atoms with van der Waals surface area (Å²) in [5.74, 6) is 0.185. The van der Waals surface area contributed by atoms with Crippen LogP contribution < -0.4 is 14.5 Å². The van der Waals surface area contributed by atoms with Gasteiger partial charge in [0.2, 0.25) is 0 Å². The van der Waals surface area contributed by atoms with Crippen LogP contribution in [0, 0.1) is 13.8 Å². The van der Waals surface area contributed by atoms with E-state index in [0.29, 0.717) is 12.3 Å². The third-order valence-electron chi connectivity index (χ3n) is 4.87. The van der Waals surface area contributed by atoms with Gasteiger partial charge in [-0.2, -0.15) is 5.10 Å². The van der Waals surface area contributed by atoms with Gasteiger partial charge in [-0.25, -0.2) is 13.8 Å². The van der Waals surface area contributed by atoms with Crippen molar-refractivity contribution in [1.82, 2.24) is 5.43 Å². The summed E-state index contributed by atoms with van der Waals surface area (Å²) in [6, 6.07) is 20.8. The molecule has 0 radical (unpaired) electrons. The zero-order valence-corrected chi connectivity index (χ0v) is 19.7. The summed E-state index contributed by atoms with van der Waals surface area (Å²) < 4.78 is 33.3. The van der Waals surface area contributed by atoms with Crippen molar-refractivity contribution in [2.45, 2.75) is 25.7 Å². The maximum absolute atomic E-state index is 13.4. The van der Waals surface area contributed by atoms with E-state index in [1.807, 2.05) is 32.0 Å². The SMILES string of the molecule is CCOc1ccc(/C=N\NC(=O)CN(c2ccccc2C)S(=O)(=O)c2ccc(C)cc2)cc1. The number of hydrogen-bond acceptors (Lipinski definition) is 5. The number of carbonyl (C=O) groups is 1. The Morgan fingerprint density at radius 1 is 1.00 bits per heavy atom. The topological polar surface area (TPSA) is 88.1 Å². The van der Waals surface area contributed by atoms with Crippen LogP contribution in [0.1, 0.15) is 23.6 Å². The van der Waals surface area contributed by atoms with Gasteiger partial charge >= 0.3 is 0 Å². The molecule has 0 spiro atoms. The fraction of sp³-hybridized carbons (Fsp3) is 0.200. The van der Waals surface area contributed by atoms with Crippen molar-refractivity contribution in [2.24, 2.45) is 5.10 Å². The van der Waals surface area contributed by atoms with Crippen LogP contribution in [0.5, 0.6) is 5.75 Å². The van der Waals surface area contributed by atoms with Crippen molar-refractivity contribution in [2.75, 3.05) is 17.5 Å². The van der Waals surface area contributed by atoms with E-state index in [-0.39, 0.29) is 4.90 Å². The number of anilines is 1. The number of nitrogens with one attached hydrogen (secondary N) is 1. The molecule has 0 saturated carbocycles. The number of benzene rings is 3. The molecule has 3 rings (SSSR count). The quantitative estimate of drug-likeness (QED) is 0.381. The van der Waals surface area contributed by atoms with Crippen molar-refractivity contribution < 1.29 is 17.9 Å². The molecule has 0 bridgehead atoms. The molecule has 7 nitrogen and oxygen atoms in total. The first-order valence-electron chi connectivity index (χ1n) is 10.5. The minimum atomic E-state index is -3.97. The van der Waals surface area contributed by atoms with Gasteiger partial charge in [0.15, 0.2) is 0 Å². The fourth-order valence-electron chi connectivity index (χ4n) is 3.14. The lowest BCUT2D eigenvalue weighted by atomic mass is 10.2. The first-order chi connectivity index (χ1) is 15.8. The van der Waals surface area contributed by atoms with Gasteiger partial charge in [0.05, 0.1) is 23.4 Å². The number of nitrogens with zero attached hydrogens (tertiary/aromatic N) is 2. The predicted molar refractivity (Wildman–Crippen MR) is 130 cm³/mol. The van der Waals surface area contributed by atoms with E-state index in [4.69, 9.17) is 4.74 Å². The number of carbonyl (C=O) groups excluding carboxylic acids is 1. The van der Waals surface area contributed by atoms with Gasteiger partial charge in [-0.1, -0.05) is 35.9 Å². The molecule has 1 N–H and O–H groups in total. The summed E-state index contributed by atoms with van der Waals surface area (Å²) in [6.07, 6.45) is 1.49. The van der Waals surface area contributed by atoms with Gasteiger partial charge < -0.3 is 4.74 Å². The highest BCUT2D eigenvalue weighted by atomic mass is 32.2. The second-order valence-electron chi connectivity index (χ2n) is 7.41. The molecule has 0 atom stereocenters. The summed E-state index contributed by atoms with van der Waals surface area (Å²) >= 11 is 0. The van der Waals surface area contributed by atoms with Crippen LogP contribution in [0.15, 0.2) is 82.8 Å². The van der Waals surface area contributed by atoms with Crippen LogP contribution in [-0.4, -0.2) is 33.7 Å². The molecular weight excluding hydrogens is 438 g/mol. The Kier molecular flexibility index (Phi) is 7.84. The zero-order valence-electron chi connectivity index (χ0n) is 18.9. The Hall–Kier alpha value is -3.65. The normalized spacial score (nSPS) is 11.4. The van der Waals surface area contributed by atoms with E-state index in [9.17, 15) is 13.2 Å². The lowest BCUT2D eigenvalue weighted by Crippen LogP contribution is -2.40. The third-order valence-corrected chi connectivity index (χ3v) is 6.65. The average molecular weight is 466 g/mol. The molecule has 8 heteroatoms. The van der Waals surface area contributed by atoms with Gasteiger partial charge in [-0.05, 0) is 74.4 Å². The van der Waals surface area contributed by atoms with Crippen molar-refractivity contribution in [3.05, 3.63) is 89.5 Å². The number of hydrazone groups is 1. The van der Waals surface area contributed by atoms with Crippen LogP contribution in [0.4, 0.5) is 5.69 Å². The summed E-state index contributed by atoms with van der Waals surface area (Å²) in [6.45, 7) is 5.75. The highest BCUT2D eigenvalue weighted by molar-refractivity contribution is 7.92. The number of ether oxygens (including phenoxy) is 1. The number of rotatable bonds is 9. The van der Waals surface area contributed by atoms with E-state index >= 15 is 0 Å². The van der Waals surface area contributed by atoms with E-state index in [2.05, 4.69) is 10.5 Å². The lowest BCUT2D eigenvalue weighted by Gasteiger charge is -2.25. The number of aryl methyl sites for hydroxylation is 2. The largest absolute Gasteiger partial charge is 0.494 e. The Labute approximate surface area is 194 Å². The Morgan fingerprint density at radius 2 is 1.67 bits per heavy atom. The zero-order chi connectivity index (χ0) is 23.8. The average Bonchev–Trinajstić information content (AvgIpc) is 2.80.